The van der Waals surface area contributed by atoms with E-state index in [1.807, 2.05) is 17.0 Å². The van der Waals surface area contributed by atoms with E-state index in [4.69, 9.17) is 9.47 Å². The van der Waals surface area contributed by atoms with Crippen molar-refractivity contribution in [2.24, 2.45) is 0 Å². The summed E-state index contributed by atoms with van der Waals surface area (Å²) in [6.07, 6.45) is 4.50. The fraction of sp³-hybridized carbons (Fsp3) is 0.375. The van der Waals surface area contributed by atoms with Gasteiger partial charge in [-0.05, 0) is 11.6 Å². The van der Waals surface area contributed by atoms with Crippen molar-refractivity contribution < 1.29 is 14.3 Å². The van der Waals surface area contributed by atoms with Crippen LogP contribution in [0.2, 0.25) is 0 Å². The van der Waals surface area contributed by atoms with Gasteiger partial charge in [-0.25, -0.2) is 0 Å². The Morgan fingerprint density at radius 2 is 2.13 bits per heavy atom. The Hall–Kier alpha value is -2.70. The van der Waals surface area contributed by atoms with Gasteiger partial charge in [-0.2, -0.15) is 0 Å². The molecule has 1 fully saturated rings. The van der Waals surface area contributed by atoms with E-state index in [9.17, 15) is 4.79 Å². The number of carbonyl (C=O) groups is 1. The lowest BCUT2D eigenvalue weighted by atomic mass is 10.2. The summed E-state index contributed by atoms with van der Waals surface area (Å²) in [5.41, 5.74) is 0.919. The van der Waals surface area contributed by atoms with Gasteiger partial charge >= 0.3 is 0 Å². The molecule has 2 aromatic heterocycles. The van der Waals surface area contributed by atoms with Gasteiger partial charge in [0.15, 0.2) is 0 Å². The number of pyridine rings is 1. The second-order valence-electron chi connectivity index (χ2n) is 5.32. The Bertz CT molecular complexity index is 648. The minimum atomic E-state index is -0.0597. The summed E-state index contributed by atoms with van der Waals surface area (Å²) >= 11 is 0. The zero-order valence-electron chi connectivity index (χ0n) is 12.9. The molecule has 0 saturated carbocycles. The molecule has 3 rings (SSSR count). The second-order valence-corrected chi connectivity index (χ2v) is 5.32. The van der Waals surface area contributed by atoms with Crippen LogP contribution < -0.4 is 9.47 Å². The van der Waals surface area contributed by atoms with E-state index < -0.39 is 0 Å². The largest absolute Gasteiger partial charge is 0.480 e. The maximum atomic E-state index is 12.3. The summed E-state index contributed by atoms with van der Waals surface area (Å²) in [7, 11) is 1.53. The van der Waals surface area contributed by atoms with Crippen LogP contribution in [-0.2, 0) is 11.2 Å². The minimum Gasteiger partial charge on any atom is -0.480 e. The number of likely N-dealkylation sites (tertiary alicyclic amines) is 1. The van der Waals surface area contributed by atoms with Gasteiger partial charge in [0.25, 0.3) is 0 Å². The topological polar surface area (TPSA) is 77.4 Å². The van der Waals surface area contributed by atoms with Crippen molar-refractivity contribution in [1.82, 2.24) is 20.1 Å². The van der Waals surface area contributed by atoms with E-state index in [-0.39, 0.29) is 12.0 Å². The lowest BCUT2D eigenvalue weighted by molar-refractivity contribution is -0.129. The number of rotatable bonds is 5. The molecule has 0 N–H and O–H groups in total. The molecule has 7 heteroatoms. The average molecular weight is 314 g/mol. The van der Waals surface area contributed by atoms with E-state index in [0.717, 1.165) is 12.0 Å². The maximum Gasteiger partial charge on any atom is 0.233 e. The van der Waals surface area contributed by atoms with E-state index in [0.29, 0.717) is 31.3 Å². The molecule has 0 aliphatic carbocycles. The Labute approximate surface area is 134 Å². The van der Waals surface area contributed by atoms with Gasteiger partial charge in [-0.3, -0.25) is 9.78 Å². The first-order valence-electron chi connectivity index (χ1n) is 7.45. The number of nitrogens with zero attached hydrogens (tertiary/aromatic N) is 4. The van der Waals surface area contributed by atoms with Crippen LogP contribution in [0.4, 0.5) is 0 Å². The zero-order valence-corrected chi connectivity index (χ0v) is 12.9. The van der Waals surface area contributed by atoms with Crippen molar-refractivity contribution in [3.05, 3.63) is 42.2 Å². The molecule has 0 spiro atoms. The van der Waals surface area contributed by atoms with Crippen molar-refractivity contribution in [3.8, 4) is 11.8 Å². The Morgan fingerprint density at radius 3 is 2.83 bits per heavy atom. The summed E-state index contributed by atoms with van der Waals surface area (Å²) in [5.74, 6) is 0.972. The van der Waals surface area contributed by atoms with Gasteiger partial charge in [0, 0.05) is 37.5 Å². The van der Waals surface area contributed by atoms with Crippen molar-refractivity contribution in [1.29, 1.82) is 0 Å². The monoisotopic (exact) mass is 314 g/mol. The van der Waals surface area contributed by atoms with Crippen molar-refractivity contribution in [2.45, 2.75) is 18.9 Å². The third-order valence-corrected chi connectivity index (χ3v) is 3.69. The third kappa shape index (κ3) is 3.94. The molecule has 0 aromatic carbocycles. The molecule has 3 heterocycles. The lowest BCUT2D eigenvalue weighted by Gasteiger charge is -2.16. The number of aromatic nitrogens is 3. The number of hydrogen-bond donors (Lipinski definition) is 0. The zero-order chi connectivity index (χ0) is 16.1. The molecule has 1 amide bonds. The molecule has 1 unspecified atom stereocenters. The molecule has 1 atom stereocenters. The van der Waals surface area contributed by atoms with Gasteiger partial charge < -0.3 is 14.4 Å². The van der Waals surface area contributed by atoms with Crippen molar-refractivity contribution in [2.75, 3.05) is 20.2 Å². The standard InChI is InChI=1S/C16H18N4O3/c1-22-14-4-5-15(19-18-14)23-13-6-8-20(11-13)16(21)9-12-3-2-7-17-10-12/h2-5,7,10,13H,6,8-9,11H2,1H3. The molecule has 0 bridgehead atoms. The van der Waals surface area contributed by atoms with Gasteiger partial charge in [0.2, 0.25) is 17.7 Å². The fourth-order valence-electron chi connectivity index (χ4n) is 2.49. The van der Waals surface area contributed by atoms with Crippen LogP contribution in [0.1, 0.15) is 12.0 Å². The first-order valence-corrected chi connectivity index (χ1v) is 7.45. The molecule has 120 valence electrons. The van der Waals surface area contributed by atoms with Gasteiger partial charge in [0.1, 0.15) is 6.10 Å². The molecule has 1 aliphatic rings. The minimum absolute atomic E-state index is 0.0597. The fourth-order valence-corrected chi connectivity index (χ4v) is 2.49. The number of hydrogen-bond acceptors (Lipinski definition) is 6. The molecule has 23 heavy (non-hydrogen) atoms. The molecule has 0 radical (unpaired) electrons. The lowest BCUT2D eigenvalue weighted by Crippen LogP contribution is -2.32. The molecular weight excluding hydrogens is 296 g/mol. The summed E-state index contributed by atoms with van der Waals surface area (Å²) < 4.78 is 10.7. The first-order chi connectivity index (χ1) is 11.2. The summed E-state index contributed by atoms with van der Waals surface area (Å²) in [6.45, 7) is 1.25. The normalized spacial score (nSPS) is 17.1. The molecule has 7 nitrogen and oxygen atoms in total. The molecule has 1 saturated heterocycles. The highest BCUT2D eigenvalue weighted by Gasteiger charge is 2.27. The Kier molecular flexibility index (Phi) is 4.65. The van der Waals surface area contributed by atoms with E-state index in [1.54, 1.807) is 24.5 Å². The van der Waals surface area contributed by atoms with Crippen LogP contribution in [0.25, 0.3) is 0 Å². The summed E-state index contributed by atoms with van der Waals surface area (Å²) in [5, 5.41) is 7.81. The number of carbonyl (C=O) groups excluding carboxylic acids is 1. The highest BCUT2D eigenvalue weighted by molar-refractivity contribution is 5.79. The van der Waals surface area contributed by atoms with E-state index in [2.05, 4.69) is 15.2 Å². The third-order valence-electron chi connectivity index (χ3n) is 3.69. The predicted molar refractivity (Wildman–Crippen MR) is 82.1 cm³/mol. The maximum absolute atomic E-state index is 12.3. The van der Waals surface area contributed by atoms with Crippen LogP contribution in [0, 0.1) is 0 Å². The van der Waals surface area contributed by atoms with Crippen molar-refractivity contribution >= 4 is 5.91 Å². The number of ether oxygens (including phenoxy) is 2. The van der Waals surface area contributed by atoms with Crippen LogP contribution in [0.5, 0.6) is 11.8 Å². The van der Waals surface area contributed by atoms with Crippen LogP contribution in [0.15, 0.2) is 36.7 Å². The SMILES string of the molecule is COc1ccc(OC2CCN(C(=O)Cc3cccnc3)C2)nn1. The molecule has 2 aromatic rings. The Balaban J connectivity index is 1.52. The van der Waals surface area contributed by atoms with Crippen LogP contribution in [-0.4, -0.2) is 52.3 Å². The Morgan fingerprint density at radius 1 is 1.30 bits per heavy atom. The highest BCUT2D eigenvalue weighted by atomic mass is 16.5. The summed E-state index contributed by atoms with van der Waals surface area (Å²) in [6, 6.07) is 7.15. The predicted octanol–water partition coefficient (Wildman–Crippen LogP) is 1.10. The number of amides is 1. The smallest absolute Gasteiger partial charge is 0.233 e. The van der Waals surface area contributed by atoms with Crippen molar-refractivity contribution in [3.63, 3.8) is 0 Å². The quantitative estimate of drug-likeness (QED) is 0.822. The van der Waals surface area contributed by atoms with E-state index in [1.165, 1.54) is 7.11 Å². The van der Waals surface area contributed by atoms with Crippen LogP contribution in [0.3, 0.4) is 0 Å². The second kappa shape index (κ2) is 7.04. The highest BCUT2D eigenvalue weighted by Crippen LogP contribution is 2.18. The number of methoxy groups -OCH3 is 1. The van der Waals surface area contributed by atoms with Gasteiger partial charge in [-0.1, -0.05) is 6.07 Å². The van der Waals surface area contributed by atoms with Crippen LogP contribution >= 0.6 is 0 Å². The van der Waals surface area contributed by atoms with E-state index >= 15 is 0 Å². The molecular formula is C16H18N4O3. The van der Waals surface area contributed by atoms with Gasteiger partial charge in [-0.15, -0.1) is 10.2 Å². The molecule has 1 aliphatic heterocycles. The van der Waals surface area contributed by atoms with Gasteiger partial charge in [0.05, 0.1) is 20.1 Å². The first kappa shape index (κ1) is 15.2. The average Bonchev–Trinajstić information content (AvgIpc) is 3.05. The summed E-state index contributed by atoms with van der Waals surface area (Å²) in [4.78, 5) is 18.1.